The van der Waals surface area contributed by atoms with Crippen molar-refractivity contribution in [2.45, 2.75) is 47.5 Å². The molecule has 1 aromatic rings. The lowest BCUT2D eigenvalue weighted by Crippen LogP contribution is -2.25. The van der Waals surface area contributed by atoms with Crippen molar-refractivity contribution in [3.8, 4) is 0 Å². The van der Waals surface area contributed by atoms with E-state index in [1.807, 2.05) is 6.92 Å². The van der Waals surface area contributed by atoms with Crippen molar-refractivity contribution in [2.75, 3.05) is 0 Å². The lowest BCUT2D eigenvalue weighted by Gasteiger charge is -2.23. The Bertz CT molecular complexity index is 441. The number of nitrogens with zero attached hydrogens (tertiary/aromatic N) is 1. The summed E-state index contributed by atoms with van der Waals surface area (Å²) in [7, 11) is 0. The van der Waals surface area contributed by atoms with E-state index in [1.165, 1.54) is 6.20 Å². The molecule has 0 aliphatic heterocycles. The van der Waals surface area contributed by atoms with Crippen molar-refractivity contribution in [1.29, 1.82) is 0 Å². The minimum Gasteiger partial charge on any atom is -0.425 e. The first-order valence-corrected chi connectivity index (χ1v) is 6.11. The van der Waals surface area contributed by atoms with Crippen LogP contribution in [0.1, 0.15) is 45.2 Å². The zero-order chi connectivity index (χ0) is 13.2. The first-order chi connectivity index (χ1) is 7.70. The monoisotopic (exact) mass is 237 g/mol. The minimum absolute atomic E-state index is 0.264. The summed E-state index contributed by atoms with van der Waals surface area (Å²) >= 11 is 0. The Morgan fingerprint density at radius 2 is 2.00 bits per heavy atom. The fourth-order valence-corrected chi connectivity index (χ4v) is 2.37. The van der Waals surface area contributed by atoms with Gasteiger partial charge in [0.1, 0.15) is 0 Å². The predicted molar refractivity (Wildman–Crippen MR) is 69.6 cm³/mol. The lowest BCUT2D eigenvalue weighted by atomic mass is 9.82. The third-order valence-electron chi connectivity index (χ3n) is 2.92. The van der Waals surface area contributed by atoms with Crippen molar-refractivity contribution >= 4 is 0 Å². The average molecular weight is 237 g/mol. The molecule has 0 saturated heterocycles. The maximum atomic E-state index is 11.8. The molecular formula is C14H23NO2. The van der Waals surface area contributed by atoms with Gasteiger partial charge < -0.3 is 5.21 Å². The van der Waals surface area contributed by atoms with Crippen LogP contribution in [-0.2, 0) is 6.42 Å². The Balaban J connectivity index is 2.89. The van der Waals surface area contributed by atoms with E-state index in [4.69, 9.17) is 0 Å². The van der Waals surface area contributed by atoms with Gasteiger partial charge >= 0.3 is 0 Å². The summed E-state index contributed by atoms with van der Waals surface area (Å²) in [6, 6.07) is 1.78. The van der Waals surface area contributed by atoms with E-state index in [9.17, 15) is 10.0 Å². The summed E-state index contributed by atoms with van der Waals surface area (Å²) in [6.07, 6.45) is 3.19. The van der Waals surface area contributed by atoms with Crippen LogP contribution in [0, 0.1) is 18.3 Å². The Morgan fingerprint density at radius 3 is 2.53 bits per heavy atom. The molecule has 0 radical (unpaired) electrons. The molecule has 0 aromatic carbocycles. The van der Waals surface area contributed by atoms with E-state index in [1.54, 1.807) is 6.07 Å². The average Bonchev–Trinajstić information content (AvgIpc) is 2.16. The zero-order valence-corrected chi connectivity index (χ0v) is 11.4. The summed E-state index contributed by atoms with van der Waals surface area (Å²) < 4.78 is 0.673. The van der Waals surface area contributed by atoms with Crippen LogP contribution in [-0.4, -0.2) is 9.94 Å². The third kappa shape index (κ3) is 3.91. The smallest absolute Gasteiger partial charge is 0.286 e. The fourth-order valence-electron chi connectivity index (χ4n) is 2.37. The molecule has 0 saturated carbocycles. The van der Waals surface area contributed by atoms with E-state index < -0.39 is 0 Å². The van der Waals surface area contributed by atoms with Crippen LogP contribution in [0.4, 0.5) is 0 Å². The first-order valence-electron chi connectivity index (χ1n) is 6.11. The molecule has 0 aliphatic carbocycles. The van der Waals surface area contributed by atoms with Gasteiger partial charge in [-0.2, -0.15) is 4.73 Å². The summed E-state index contributed by atoms with van der Waals surface area (Å²) in [6.45, 7) is 10.7. The van der Waals surface area contributed by atoms with Gasteiger partial charge in [-0.05, 0) is 42.7 Å². The molecule has 17 heavy (non-hydrogen) atoms. The minimum atomic E-state index is -0.286. The van der Waals surface area contributed by atoms with E-state index in [0.29, 0.717) is 10.6 Å². The molecule has 1 aromatic heterocycles. The van der Waals surface area contributed by atoms with Crippen LogP contribution in [0.25, 0.3) is 0 Å². The van der Waals surface area contributed by atoms with Gasteiger partial charge in [0.25, 0.3) is 5.56 Å². The molecule has 1 unspecified atom stereocenters. The van der Waals surface area contributed by atoms with Crippen molar-refractivity contribution in [3.05, 3.63) is 33.7 Å². The SMILES string of the molecule is Cc1ccn(O)c(=O)c1CC(C)CC(C)(C)C. The molecule has 0 spiro atoms. The van der Waals surface area contributed by atoms with E-state index in [0.717, 1.165) is 24.0 Å². The highest BCUT2D eigenvalue weighted by molar-refractivity contribution is 5.22. The van der Waals surface area contributed by atoms with Crippen LogP contribution in [0.2, 0.25) is 0 Å². The highest BCUT2D eigenvalue weighted by Gasteiger charge is 2.18. The Morgan fingerprint density at radius 1 is 1.41 bits per heavy atom. The number of aryl methyl sites for hydroxylation is 1. The van der Waals surface area contributed by atoms with Gasteiger partial charge in [0, 0.05) is 11.8 Å². The molecule has 1 heterocycles. The summed E-state index contributed by atoms with van der Waals surface area (Å²) in [4.78, 5) is 11.8. The quantitative estimate of drug-likeness (QED) is 0.821. The van der Waals surface area contributed by atoms with Gasteiger partial charge in [0.2, 0.25) is 0 Å². The number of hydrogen-bond acceptors (Lipinski definition) is 2. The molecule has 1 N–H and O–H groups in total. The molecule has 0 aliphatic rings. The van der Waals surface area contributed by atoms with Gasteiger partial charge in [0.05, 0.1) is 0 Å². The first kappa shape index (κ1) is 13.8. The number of hydrogen-bond donors (Lipinski definition) is 1. The molecule has 0 fully saturated rings. The summed E-state index contributed by atoms with van der Waals surface area (Å²) in [5.41, 5.74) is 1.67. The fraction of sp³-hybridized carbons (Fsp3) is 0.643. The summed E-state index contributed by atoms with van der Waals surface area (Å²) in [5, 5.41) is 9.37. The van der Waals surface area contributed by atoms with Crippen molar-refractivity contribution in [3.63, 3.8) is 0 Å². The van der Waals surface area contributed by atoms with Gasteiger partial charge in [-0.15, -0.1) is 0 Å². The van der Waals surface area contributed by atoms with E-state index in [2.05, 4.69) is 27.7 Å². The Kier molecular flexibility index (Phi) is 4.02. The molecule has 1 rings (SSSR count). The number of aromatic nitrogens is 1. The second-order valence-electron chi connectivity index (χ2n) is 6.20. The lowest BCUT2D eigenvalue weighted by molar-refractivity contribution is 0.173. The highest BCUT2D eigenvalue weighted by atomic mass is 16.5. The van der Waals surface area contributed by atoms with Crippen LogP contribution in [0.3, 0.4) is 0 Å². The third-order valence-corrected chi connectivity index (χ3v) is 2.92. The van der Waals surface area contributed by atoms with E-state index >= 15 is 0 Å². The Labute approximate surface area is 103 Å². The maximum absolute atomic E-state index is 11.8. The standard InChI is InChI=1S/C14H23NO2/c1-10(9-14(3,4)5)8-12-11(2)6-7-15(17)13(12)16/h6-7,10,17H,8-9H2,1-5H3. The zero-order valence-electron chi connectivity index (χ0n) is 11.4. The van der Waals surface area contributed by atoms with Crippen LogP contribution in [0.15, 0.2) is 17.1 Å². The second kappa shape index (κ2) is 4.94. The maximum Gasteiger partial charge on any atom is 0.286 e. The molecule has 1 atom stereocenters. The number of rotatable bonds is 3. The summed E-state index contributed by atoms with van der Waals surface area (Å²) in [5.74, 6) is 0.434. The molecule has 0 bridgehead atoms. The number of pyridine rings is 1. The second-order valence-corrected chi connectivity index (χ2v) is 6.20. The van der Waals surface area contributed by atoms with Crippen LogP contribution < -0.4 is 5.56 Å². The van der Waals surface area contributed by atoms with Crippen molar-refractivity contribution < 1.29 is 5.21 Å². The largest absolute Gasteiger partial charge is 0.425 e. The van der Waals surface area contributed by atoms with Crippen molar-refractivity contribution in [1.82, 2.24) is 4.73 Å². The van der Waals surface area contributed by atoms with Gasteiger partial charge in [-0.1, -0.05) is 27.7 Å². The Hall–Kier alpha value is -1.25. The van der Waals surface area contributed by atoms with E-state index in [-0.39, 0.29) is 11.0 Å². The van der Waals surface area contributed by atoms with Crippen LogP contribution in [0.5, 0.6) is 0 Å². The molecule has 0 amide bonds. The topological polar surface area (TPSA) is 42.2 Å². The van der Waals surface area contributed by atoms with Crippen LogP contribution >= 0.6 is 0 Å². The molecule has 96 valence electrons. The normalized spacial score (nSPS) is 13.7. The van der Waals surface area contributed by atoms with Gasteiger partial charge in [-0.3, -0.25) is 4.79 Å². The molecule has 3 heteroatoms. The van der Waals surface area contributed by atoms with Crippen molar-refractivity contribution in [2.24, 2.45) is 11.3 Å². The molecular weight excluding hydrogens is 214 g/mol. The highest BCUT2D eigenvalue weighted by Crippen LogP contribution is 2.26. The van der Waals surface area contributed by atoms with Gasteiger partial charge in [-0.25, -0.2) is 0 Å². The predicted octanol–water partition coefficient (Wildman–Crippen LogP) is 3.01. The molecule has 3 nitrogen and oxygen atoms in total. The van der Waals surface area contributed by atoms with Gasteiger partial charge in [0.15, 0.2) is 0 Å².